The monoisotopic (exact) mass is 256 g/mol. The lowest BCUT2D eigenvalue weighted by atomic mass is 10.0. The van der Waals surface area contributed by atoms with E-state index >= 15 is 0 Å². The van der Waals surface area contributed by atoms with Crippen LogP contribution >= 0.6 is 11.8 Å². The lowest BCUT2D eigenvalue weighted by molar-refractivity contribution is 0.0991. The summed E-state index contributed by atoms with van der Waals surface area (Å²) in [5.74, 6) is 1.01. The molecule has 2 nitrogen and oxygen atoms in total. The van der Waals surface area contributed by atoms with Crippen molar-refractivity contribution in [3.05, 3.63) is 59.7 Å². The van der Waals surface area contributed by atoms with Gasteiger partial charge in [-0.2, -0.15) is 0 Å². The highest BCUT2D eigenvalue weighted by Gasteiger charge is 2.31. The number of methoxy groups -OCH3 is 1. The molecular weight excluding hydrogens is 244 g/mol. The summed E-state index contributed by atoms with van der Waals surface area (Å²) < 4.78 is 5.13. The molecule has 1 heterocycles. The van der Waals surface area contributed by atoms with Crippen molar-refractivity contribution in [2.45, 2.75) is 10.1 Å². The van der Waals surface area contributed by atoms with Crippen molar-refractivity contribution in [1.29, 1.82) is 0 Å². The van der Waals surface area contributed by atoms with Crippen LogP contribution in [0.25, 0.3) is 0 Å². The highest BCUT2D eigenvalue weighted by atomic mass is 32.2. The molecule has 3 rings (SSSR count). The molecule has 0 radical (unpaired) electrons. The first kappa shape index (κ1) is 11.4. The zero-order valence-corrected chi connectivity index (χ0v) is 10.7. The lowest BCUT2D eigenvalue weighted by Crippen LogP contribution is -2.03. The molecule has 0 bridgehead atoms. The van der Waals surface area contributed by atoms with Crippen molar-refractivity contribution in [1.82, 2.24) is 0 Å². The number of ether oxygens (including phenoxy) is 1. The fourth-order valence-corrected chi connectivity index (χ4v) is 3.33. The molecule has 18 heavy (non-hydrogen) atoms. The van der Waals surface area contributed by atoms with Gasteiger partial charge in [0, 0.05) is 10.5 Å². The Kier molecular flexibility index (Phi) is 2.84. The third kappa shape index (κ3) is 1.81. The SMILES string of the molecule is COc1ccc(C2Sc3ccccc3C2=O)cc1. The molecule has 0 saturated heterocycles. The summed E-state index contributed by atoms with van der Waals surface area (Å²) in [7, 11) is 1.64. The van der Waals surface area contributed by atoms with E-state index in [-0.39, 0.29) is 11.0 Å². The molecular formula is C15H12O2S. The normalized spacial score (nSPS) is 17.6. The molecule has 1 aliphatic rings. The zero-order valence-electron chi connectivity index (χ0n) is 9.92. The second kappa shape index (κ2) is 4.50. The van der Waals surface area contributed by atoms with Crippen molar-refractivity contribution in [3.63, 3.8) is 0 Å². The van der Waals surface area contributed by atoms with E-state index in [9.17, 15) is 4.79 Å². The van der Waals surface area contributed by atoms with Gasteiger partial charge in [0.25, 0.3) is 0 Å². The van der Waals surface area contributed by atoms with Crippen LogP contribution in [0.3, 0.4) is 0 Å². The van der Waals surface area contributed by atoms with Crippen LogP contribution in [0.1, 0.15) is 21.2 Å². The summed E-state index contributed by atoms with van der Waals surface area (Å²) in [6.07, 6.45) is 0. The van der Waals surface area contributed by atoms with Crippen molar-refractivity contribution < 1.29 is 9.53 Å². The van der Waals surface area contributed by atoms with Crippen LogP contribution in [0, 0.1) is 0 Å². The van der Waals surface area contributed by atoms with Gasteiger partial charge in [-0.25, -0.2) is 0 Å². The number of carbonyl (C=O) groups is 1. The molecule has 2 aromatic carbocycles. The van der Waals surface area contributed by atoms with Gasteiger partial charge in [0.15, 0.2) is 5.78 Å². The number of hydrogen-bond donors (Lipinski definition) is 0. The first-order valence-corrected chi connectivity index (χ1v) is 6.61. The number of fused-ring (bicyclic) bond motifs is 1. The highest BCUT2D eigenvalue weighted by Crippen LogP contribution is 2.46. The summed E-state index contributed by atoms with van der Waals surface area (Å²) in [5, 5.41) is -0.117. The Morgan fingerprint density at radius 1 is 1.06 bits per heavy atom. The van der Waals surface area contributed by atoms with Crippen molar-refractivity contribution >= 4 is 17.5 Å². The van der Waals surface area contributed by atoms with Crippen LogP contribution in [0.15, 0.2) is 53.4 Å². The van der Waals surface area contributed by atoms with Gasteiger partial charge in [-0.1, -0.05) is 30.3 Å². The maximum atomic E-state index is 12.3. The van der Waals surface area contributed by atoms with Gasteiger partial charge in [0.1, 0.15) is 5.75 Å². The third-order valence-electron chi connectivity index (χ3n) is 3.05. The van der Waals surface area contributed by atoms with Gasteiger partial charge in [0.2, 0.25) is 0 Å². The standard InChI is InChI=1S/C15H12O2S/c1-17-11-8-6-10(7-9-11)15-14(16)12-4-2-3-5-13(12)18-15/h2-9,15H,1H3. The van der Waals surface area contributed by atoms with E-state index < -0.39 is 0 Å². The smallest absolute Gasteiger partial charge is 0.181 e. The molecule has 0 saturated carbocycles. The number of benzene rings is 2. The zero-order chi connectivity index (χ0) is 12.5. The van der Waals surface area contributed by atoms with E-state index in [0.717, 1.165) is 21.8 Å². The molecule has 0 N–H and O–H groups in total. The number of carbonyl (C=O) groups excluding carboxylic acids is 1. The number of thioether (sulfide) groups is 1. The summed E-state index contributed by atoms with van der Waals surface area (Å²) in [4.78, 5) is 13.4. The van der Waals surface area contributed by atoms with Crippen LogP contribution in [0.5, 0.6) is 5.75 Å². The average molecular weight is 256 g/mol. The third-order valence-corrected chi connectivity index (χ3v) is 4.39. The van der Waals surface area contributed by atoms with Gasteiger partial charge in [-0.15, -0.1) is 11.8 Å². The van der Waals surface area contributed by atoms with E-state index in [1.165, 1.54) is 0 Å². The Bertz CT molecular complexity index is 590. The largest absolute Gasteiger partial charge is 0.497 e. The minimum absolute atomic E-state index is 0.117. The summed E-state index contributed by atoms with van der Waals surface area (Å²) in [5.41, 5.74) is 1.87. The van der Waals surface area contributed by atoms with Crippen molar-refractivity contribution in [2.75, 3.05) is 7.11 Å². The maximum Gasteiger partial charge on any atom is 0.181 e. The fraction of sp³-hybridized carbons (Fsp3) is 0.133. The van der Waals surface area contributed by atoms with E-state index in [4.69, 9.17) is 4.74 Å². The Morgan fingerprint density at radius 2 is 1.78 bits per heavy atom. The average Bonchev–Trinajstić information content (AvgIpc) is 2.77. The lowest BCUT2D eigenvalue weighted by Gasteiger charge is -2.08. The quantitative estimate of drug-likeness (QED) is 0.819. The maximum absolute atomic E-state index is 12.3. The first-order valence-electron chi connectivity index (χ1n) is 5.73. The van der Waals surface area contributed by atoms with Crippen LogP contribution in [-0.2, 0) is 0 Å². The number of rotatable bonds is 2. The molecule has 0 amide bonds. The predicted molar refractivity (Wildman–Crippen MR) is 72.4 cm³/mol. The van der Waals surface area contributed by atoms with Gasteiger partial charge >= 0.3 is 0 Å². The summed E-state index contributed by atoms with van der Waals surface area (Å²) in [6, 6.07) is 15.5. The topological polar surface area (TPSA) is 26.3 Å². The molecule has 1 atom stereocenters. The van der Waals surface area contributed by atoms with E-state index in [1.807, 2.05) is 48.5 Å². The predicted octanol–water partition coefficient (Wildman–Crippen LogP) is 3.72. The molecule has 2 aromatic rings. The first-order chi connectivity index (χ1) is 8.79. The van der Waals surface area contributed by atoms with E-state index in [2.05, 4.69) is 0 Å². The molecule has 0 aromatic heterocycles. The van der Waals surface area contributed by atoms with E-state index in [0.29, 0.717) is 0 Å². The molecule has 3 heteroatoms. The minimum Gasteiger partial charge on any atom is -0.497 e. The Morgan fingerprint density at radius 3 is 2.44 bits per heavy atom. The van der Waals surface area contributed by atoms with Crippen LogP contribution in [0.4, 0.5) is 0 Å². The summed E-state index contributed by atoms with van der Waals surface area (Å²) in [6.45, 7) is 0. The highest BCUT2D eigenvalue weighted by molar-refractivity contribution is 8.00. The molecule has 1 aliphatic heterocycles. The van der Waals surface area contributed by atoms with Crippen LogP contribution < -0.4 is 4.74 Å². The number of ketones is 1. The van der Waals surface area contributed by atoms with Gasteiger partial charge < -0.3 is 4.74 Å². The minimum atomic E-state index is -0.117. The Hall–Kier alpha value is -1.74. The molecule has 0 fully saturated rings. The van der Waals surface area contributed by atoms with Gasteiger partial charge in [-0.3, -0.25) is 4.79 Å². The van der Waals surface area contributed by atoms with Crippen LogP contribution in [-0.4, -0.2) is 12.9 Å². The fourth-order valence-electron chi connectivity index (χ4n) is 2.09. The van der Waals surface area contributed by atoms with Gasteiger partial charge in [0.05, 0.1) is 12.4 Å². The Balaban J connectivity index is 1.93. The molecule has 0 aliphatic carbocycles. The number of hydrogen-bond acceptors (Lipinski definition) is 3. The second-order valence-corrected chi connectivity index (χ2v) is 5.28. The summed E-state index contributed by atoms with van der Waals surface area (Å²) >= 11 is 1.62. The van der Waals surface area contributed by atoms with Crippen molar-refractivity contribution in [2.24, 2.45) is 0 Å². The van der Waals surface area contributed by atoms with E-state index in [1.54, 1.807) is 18.9 Å². The van der Waals surface area contributed by atoms with Crippen LogP contribution in [0.2, 0.25) is 0 Å². The number of Topliss-reactive ketones (excluding diaryl/α,β-unsaturated/α-hetero) is 1. The Labute approximate surface area is 110 Å². The molecule has 90 valence electrons. The van der Waals surface area contributed by atoms with Crippen molar-refractivity contribution in [3.8, 4) is 5.75 Å². The molecule has 0 spiro atoms. The second-order valence-electron chi connectivity index (χ2n) is 4.13. The van der Waals surface area contributed by atoms with Gasteiger partial charge in [-0.05, 0) is 23.8 Å². The molecule has 1 unspecified atom stereocenters.